The maximum absolute atomic E-state index is 11.6. The minimum Gasteiger partial charge on any atom is -0.329 e. The van der Waals surface area contributed by atoms with Gasteiger partial charge in [0, 0.05) is 43.8 Å². The first kappa shape index (κ1) is 16.7. The second-order valence-corrected chi connectivity index (χ2v) is 7.87. The third-order valence-electron chi connectivity index (χ3n) is 4.00. The summed E-state index contributed by atoms with van der Waals surface area (Å²) in [5.41, 5.74) is 8.23. The zero-order valence-electron chi connectivity index (χ0n) is 12.4. The topological polar surface area (TPSA) is 66.6 Å². The summed E-state index contributed by atoms with van der Waals surface area (Å²) in [5.74, 6) is 0. The van der Waals surface area contributed by atoms with E-state index in [9.17, 15) is 8.42 Å². The minimum absolute atomic E-state index is 0.101. The molecule has 1 aliphatic rings. The Morgan fingerprint density at radius 3 is 2.38 bits per heavy atom. The Bertz CT molecular complexity index is 598. The monoisotopic (exact) mass is 331 g/mol. The predicted molar refractivity (Wildman–Crippen MR) is 86.0 cm³/mol. The summed E-state index contributed by atoms with van der Waals surface area (Å²) < 4.78 is 24.6. The number of sulfonamides is 1. The smallest absolute Gasteiger partial charge is 0.211 e. The molecule has 7 heteroatoms. The normalized spacial score (nSPS) is 19.6. The second-order valence-electron chi connectivity index (χ2n) is 5.45. The van der Waals surface area contributed by atoms with Gasteiger partial charge in [0.2, 0.25) is 10.0 Å². The Kier molecular flexibility index (Phi) is 5.27. The van der Waals surface area contributed by atoms with Crippen molar-refractivity contribution in [3.05, 3.63) is 34.3 Å². The lowest BCUT2D eigenvalue weighted by Crippen LogP contribution is -2.50. The van der Waals surface area contributed by atoms with Gasteiger partial charge < -0.3 is 5.73 Å². The van der Waals surface area contributed by atoms with E-state index in [0.29, 0.717) is 37.7 Å². The van der Waals surface area contributed by atoms with E-state index in [1.165, 1.54) is 10.6 Å². The van der Waals surface area contributed by atoms with Crippen molar-refractivity contribution in [2.75, 3.05) is 39.0 Å². The van der Waals surface area contributed by atoms with E-state index >= 15 is 0 Å². The summed E-state index contributed by atoms with van der Waals surface area (Å²) in [4.78, 5) is 2.25. The molecule has 1 fully saturated rings. The Morgan fingerprint density at radius 1 is 1.29 bits per heavy atom. The summed E-state index contributed by atoms with van der Waals surface area (Å²) in [6.45, 7) is 4.94. The molecule has 0 aliphatic carbocycles. The highest BCUT2D eigenvalue weighted by molar-refractivity contribution is 7.88. The van der Waals surface area contributed by atoms with Crippen molar-refractivity contribution in [2.45, 2.75) is 13.0 Å². The Morgan fingerprint density at radius 2 is 1.90 bits per heavy atom. The summed E-state index contributed by atoms with van der Waals surface area (Å²) in [5, 5.41) is 0.717. The molecule has 1 aromatic rings. The molecule has 2 rings (SSSR count). The van der Waals surface area contributed by atoms with Crippen LogP contribution < -0.4 is 5.73 Å². The predicted octanol–water partition coefficient (Wildman–Crippen LogP) is 1.23. The lowest BCUT2D eigenvalue weighted by Gasteiger charge is -2.38. The van der Waals surface area contributed by atoms with E-state index in [1.807, 2.05) is 25.1 Å². The Hall–Kier alpha value is -0.660. The summed E-state index contributed by atoms with van der Waals surface area (Å²) >= 11 is 6.00. The zero-order valence-corrected chi connectivity index (χ0v) is 14.0. The third-order valence-corrected chi connectivity index (χ3v) is 5.54. The molecule has 0 aromatic heterocycles. The van der Waals surface area contributed by atoms with E-state index in [-0.39, 0.29) is 6.04 Å². The average Bonchev–Trinajstić information content (AvgIpc) is 2.41. The number of hydrogen-bond acceptors (Lipinski definition) is 4. The second kappa shape index (κ2) is 6.62. The van der Waals surface area contributed by atoms with E-state index in [4.69, 9.17) is 17.3 Å². The molecule has 2 N–H and O–H groups in total. The van der Waals surface area contributed by atoms with Crippen molar-refractivity contribution in [1.29, 1.82) is 0 Å². The van der Waals surface area contributed by atoms with E-state index in [0.717, 1.165) is 11.1 Å². The number of hydrogen-bond donors (Lipinski definition) is 1. The lowest BCUT2D eigenvalue weighted by atomic mass is 9.99. The molecule has 1 heterocycles. The van der Waals surface area contributed by atoms with Gasteiger partial charge in [-0.2, -0.15) is 4.31 Å². The first-order chi connectivity index (χ1) is 9.82. The van der Waals surface area contributed by atoms with Gasteiger partial charge in [0.1, 0.15) is 0 Å². The van der Waals surface area contributed by atoms with Crippen LogP contribution in [0.15, 0.2) is 18.2 Å². The molecule has 1 aromatic carbocycles. The number of benzene rings is 1. The molecule has 0 bridgehead atoms. The van der Waals surface area contributed by atoms with E-state index in [1.54, 1.807) is 0 Å². The van der Waals surface area contributed by atoms with Gasteiger partial charge >= 0.3 is 0 Å². The van der Waals surface area contributed by atoms with Gasteiger partial charge in [-0.15, -0.1) is 0 Å². The van der Waals surface area contributed by atoms with Gasteiger partial charge in [0.15, 0.2) is 0 Å². The van der Waals surface area contributed by atoms with E-state index in [2.05, 4.69) is 4.90 Å². The molecular formula is C14H22ClN3O2S. The highest BCUT2D eigenvalue weighted by Crippen LogP contribution is 2.26. The largest absolute Gasteiger partial charge is 0.329 e. The van der Waals surface area contributed by atoms with Crippen LogP contribution in [0.4, 0.5) is 0 Å². The summed E-state index contributed by atoms with van der Waals surface area (Å²) in [6, 6.07) is 5.92. The van der Waals surface area contributed by atoms with E-state index < -0.39 is 10.0 Å². The molecule has 0 amide bonds. The van der Waals surface area contributed by atoms with Crippen molar-refractivity contribution in [2.24, 2.45) is 5.73 Å². The van der Waals surface area contributed by atoms with Crippen molar-refractivity contribution in [1.82, 2.24) is 9.21 Å². The minimum atomic E-state index is -3.10. The Labute approximate surface area is 131 Å². The van der Waals surface area contributed by atoms with Crippen LogP contribution in [-0.2, 0) is 10.0 Å². The lowest BCUT2D eigenvalue weighted by molar-refractivity contribution is 0.140. The fourth-order valence-electron chi connectivity index (χ4n) is 2.83. The van der Waals surface area contributed by atoms with Crippen molar-refractivity contribution >= 4 is 21.6 Å². The van der Waals surface area contributed by atoms with Crippen LogP contribution in [0.25, 0.3) is 0 Å². The number of rotatable bonds is 4. The van der Waals surface area contributed by atoms with Gasteiger partial charge in [0.05, 0.1) is 6.26 Å². The fourth-order valence-corrected chi connectivity index (χ4v) is 3.89. The molecule has 1 atom stereocenters. The molecule has 5 nitrogen and oxygen atoms in total. The van der Waals surface area contributed by atoms with Crippen LogP contribution in [0.1, 0.15) is 17.2 Å². The number of nitrogens with two attached hydrogens (primary N) is 1. The van der Waals surface area contributed by atoms with Gasteiger partial charge in [-0.05, 0) is 30.2 Å². The van der Waals surface area contributed by atoms with Crippen LogP contribution in [0, 0.1) is 6.92 Å². The van der Waals surface area contributed by atoms with Crippen LogP contribution in [-0.4, -0.2) is 56.6 Å². The molecule has 0 spiro atoms. The van der Waals surface area contributed by atoms with Crippen LogP contribution in [0.3, 0.4) is 0 Å². The number of halogens is 1. The zero-order chi connectivity index (χ0) is 15.6. The SMILES string of the molecule is Cc1cc(Cl)ccc1C(CN)N1CCN(S(C)(=O)=O)CC1. The number of nitrogens with zero attached hydrogens (tertiary/aromatic N) is 2. The molecule has 1 unspecified atom stereocenters. The van der Waals surface area contributed by atoms with Gasteiger partial charge in [-0.25, -0.2) is 8.42 Å². The summed E-state index contributed by atoms with van der Waals surface area (Å²) in [6.07, 6.45) is 1.26. The highest BCUT2D eigenvalue weighted by Gasteiger charge is 2.28. The first-order valence-electron chi connectivity index (χ1n) is 6.98. The van der Waals surface area contributed by atoms with Gasteiger partial charge in [-0.3, -0.25) is 4.90 Å². The highest BCUT2D eigenvalue weighted by atomic mass is 35.5. The molecule has 118 valence electrons. The van der Waals surface area contributed by atoms with Gasteiger partial charge in [0.25, 0.3) is 0 Å². The first-order valence-corrected chi connectivity index (χ1v) is 9.21. The molecular weight excluding hydrogens is 310 g/mol. The molecule has 0 saturated carbocycles. The van der Waals surface area contributed by atoms with Crippen LogP contribution in [0.2, 0.25) is 5.02 Å². The molecule has 21 heavy (non-hydrogen) atoms. The van der Waals surface area contributed by atoms with Crippen LogP contribution in [0.5, 0.6) is 0 Å². The maximum Gasteiger partial charge on any atom is 0.211 e. The maximum atomic E-state index is 11.6. The standard InChI is InChI=1S/C14H22ClN3O2S/c1-11-9-12(15)3-4-13(11)14(10-16)17-5-7-18(8-6-17)21(2,19)20/h3-4,9,14H,5-8,10,16H2,1-2H3. The third kappa shape index (κ3) is 3.96. The Balaban J connectivity index is 2.13. The number of aryl methyl sites for hydroxylation is 1. The fraction of sp³-hybridized carbons (Fsp3) is 0.571. The molecule has 1 saturated heterocycles. The molecule has 0 radical (unpaired) electrons. The average molecular weight is 332 g/mol. The molecule has 1 aliphatic heterocycles. The summed E-state index contributed by atoms with van der Waals surface area (Å²) in [7, 11) is -3.10. The van der Waals surface area contributed by atoms with Crippen molar-refractivity contribution in [3.8, 4) is 0 Å². The number of piperazine rings is 1. The van der Waals surface area contributed by atoms with Crippen molar-refractivity contribution < 1.29 is 8.42 Å². The van der Waals surface area contributed by atoms with Gasteiger partial charge in [-0.1, -0.05) is 17.7 Å². The van der Waals surface area contributed by atoms with Crippen LogP contribution >= 0.6 is 11.6 Å². The quantitative estimate of drug-likeness (QED) is 0.901. The van der Waals surface area contributed by atoms with Crippen molar-refractivity contribution in [3.63, 3.8) is 0 Å².